The van der Waals surface area contributed by atoms with Crippen LogP contribution in [0.1, 0.15) is 28.3 Å². The van der Waals surface area contributed by atoms with Crippen LogP contribution in [0.25, 0.3) is 0 Å². The van der Waals surface area contributed by atoms with Gasteiger partial charge in [0.15, 0.2) is 0 Å². The lowest BCUT2D eigenvalue weighted by Gasteiger charge is -2.36. The largest absolute Gasteiger partial charge is 0.497 e. The number of β-amino-alcohol motifs (C(OH)–C–C–N with tert-alkyl or cyclic N) is 1. The second-order valence-electron chi connectivity index (χ2n) is 6.14. The maximum absolute atomic E-state index is 13.3. The van der Waals surface area contributed by atoms with Gasteiger partial charge in [-0.1, -0.05) is 12.1 Å². The van der Waals surface area contributed by atoms with Gasteiger partial charge in [0.05, 0.1) is 13.2 Å². The topological polar surface area (TPSA) is 49.8 Å². The number of hydrogen-bond donors (Lipinski definition) is 1. The molecule has 1 amide bonds. The van der Waals surface area contributed by atoms with Gasteiger partial charge in [0, 0.05) is 30.6 Å². The highest BCUT2D eigenvalue weighted by Gasteiger charge is 2.31. The van der Waals surface area contributed by atoms with Crippen molar-refractivity contribution in [3.63, 3.8) is 0 Å². The van der Waals surface area contributed by atoms with E-state index in [1.807, 2.05) is 24.3 Å². The van der Waals surface area contributed by atoms with Gasteiger partial charge in [0.2, 0.25) is 0 Å². The van der Waals surface area contributed by atoms with Crippen molar-refractivity contribution < 1.29 is 23.4 Å². The quantitative estimate of drug-likeness (QED) is 0.929. The van der Waals surface area contributed by atoms with E-state index in [9.17, 15) is 18.7 Å². The van der Waals surface area contributed by atoms with Crippen LogP contribution in [-0.2, 0) is 0 Å². The van der Waals surface area contributed by atoms with Gasteiger partial charge in [-0.25, -0.2) is 8.78 Å². The van der Waals surface area contributed by atoms with Crippen LogP contribution in [0.4, 0.5) is 8.78 Å². The molecule has 1 N–H and O–H groups in total. The van der Waals surface area contributed by atoms with Crippen LogP contribution in [0.5, 0.6) is 5.75 Å². The van der Waals surface area contributed by atoms with Crippen LogP contribution in [0.3, 0.4) is 0 Å². The first-order chi connectivity index (χ1) is 12.0. The normalized spacial score (nSPS) is 20.4. The molecule has 0 saturated carbocycles. The molecule has 2 aromatic carbocycles. The Morgan fingerprint density at radius 2 is 1.80 bits per heavy atom. The summed E-state index contributed by atoms with van der Waals surface area (Å²) in [5, 5.41) is 10.5. The number of rotatable bonds is 3. The summed E-state index contributed by atoms with van der Waals surface area (Å²) in [5.41, 5.74) is 0.921. The van der Waals surface area contributed by atoms with Gasteiger partial charge in [-0.05, 0) is 36.2 Å². The lowest BCUT2D eigenvalue weighted by atomic mass is 9.87. The van der Waals surface area contributed by atoms with Crippen molar-refractivity contribution in [2.24, 2.45) is 0 Å². The predicted molar refractivity (Wildman–Crippen MR) is 88.6 cm³/mol. The Balaban J connectivity index is 1.71. The molecule has 1 heterocycles. The van der Waals surface area contributed by atoms with E-state index in [1.165, 1.54) is 4.90 Å². The Labute approximate surface area is 144 Å². The van der Waals surface area contributed by atoms with Crippen molar-refractivity contribution in [3.05, 3.63) is 65.2 Å². The number of nitrogens with zero attached hydrogens (tertiary/aromatic N) is 1. The third-order valence-corrected chi connectivity index (χ3v) is 4.52. The SMILES string of the molecule is COc1ccc([C@@H]2CCN(C(=O)c3cc(F)cc(F)c3)C[C@H]2O)cc1. The number of benzene rings is 2. The van der Waals surface area contributed by atoms with E-state index in [0.29, 0.717) is 13.0 Å². The number of halogens is 2. The molecule has 6 heteroatoms. The second-order valence-corrected chi connectivity index (χ2v) is 6.14. The molecule has 1 aliphatic heterocycles. The van der Waals surface area contributed by atoms with Gasteiger partial charge in [0.1, 0.15) is 17.4 Å². The van der Waals surface area contributed by atoms with Gasteiger partial charge >= 0.3 is 0 Å². The summed E-state index contributed by atoms with van der Waals surface area (Å²) in [7, 11) is 1.59. The highest BCUT2D eigenvalue weighted by molar-refractivity contribution is 5.94. The molecule has 4 nitrogen and oxygen atoms in total. The molecular formula is C19H19F2NO3. The first kappa shape index (κ1) is 17.4. The van der Waals surface area contributed by atoms with Crippen LogP contribution in [0.2, 0.25) is 0 Å². The highest BCUT2D eigenvalue weighted by atomic mass is 19.1. The molecule has 1 aliphatic rings. The monoisotopic (exact) mass is 347 g/mol. The maximum Gasteiger partial charge on any atom is 0.254 e. The first-order valence-electron chi connectivity index (χ1n) is 8.05. The Hall–Kier alpha value is -2.47. The highest BCUT2D eigenvalue weighted by Crippen LogP contribution is 2.30. The Morgan fingerprint density at radius 1 is 1.16 bits per heavy atom. The summed E-state index contributed by atoms with van der Waals surface area (Å²) in [5.74, 6) is -1.43. The van der Waals surface area contributed by atoms with Crippen molar-refractivity contribution in [1.82, 2.24) is 4.90 Å². The summed E-state index contributed by atoms with van der Waals surface area (Å²) in [6.07, 6.45) is -0.179. The molecule has 0 radical (unpaired) electrons. The number of hydrogen-bond acceptors (Lipinski definition) is 3. The molecule has 2 aromatic rings. The zero-order valence-electron chi connectivity index (χ0n) is 13.8. The van der Waals surface area contributed by atoms with Gasteiger partial charge < -0.3 is 14.7 Å². The number of methoxy groups -OCH3 is 1. The lowest BCUT2D eigenvalue weighted by molar-refractivity contribution is 0.0381. The number of carbonyl (C=O) groups excluding carboxylic acids is 1. The third kappa shape index (κ3) is 3.79. The number of carbonyl (C=O) groups is 1. The van der Waals surface area contributed by atoms with Crippen LogP contribution in [0.15, 0.2) is 42.5 Å². The third-order valence-electron chi connectivity index (χ3n) is 4.52. The van der Waals surface area contributed by atoms with E-state index >= 15 is 0 Å². The second kappa shape index (κ2) is 7.19. The van der Waals surface area contributed by atoms with Crippen molar-refractivity contribution in [1.29, 1.82) is 0 Å². The number of aliphatic hydroxyl groups is 1. The first-order valence-corrected chi connectivity index (χ1v) is 8.05. The summed E-state index contributed by atoms with van der Waals surface area (Å²) >= 11 is 0. The van der Waals surface area contributed by atoms with E-state index in [1.54, 1.807) is 7.11 Å². The minimum absolute atomic E-state index is 0.0485. The minimum Gasteiger partial charge on any atom is -0.497 e. The lowest BCUT2D eigenvalue weighted by Crippen LogP contribution is -2.45. The van der Waals surface area contributed by atoms with Crippen LogP contribution < -0.4 is 4.74 Å². The average molecular weight is 347 g/mol. The average Bonchev–Trinajstić information content (AvgIpc) is 2.60. The summed E-state index contributed by atoms with van der Waals surface area (Å²) in [6.45, 7) is 0.526. The van der Waals surface area contributed by atoms with E-state index in [-0.39, 0.29) is 18.0 Å². The van der Waals surface area contributed by atoms with Crippen LogP contribution in [-0.4, -0.2) is 42.2 Å². The molecule has 0 unspecified atom stereocenters. The molecule has 0 aromatic heterocycles. The van der Waals surface area contributed by atoms with Gasteiger partial charge in [-0.2, -0.15) is 0 Å². The molecule has 0 aliphatic carbocycles. The fourth-order valence-electron chi connectivity index (χ4n) is 3.22. The predicted octanol–water partition coefficient (Wildman–Crippen LogP) is 2.96. The maximum atomic E-state index is 13.3. The van der Waals surface area contributed by atoms with Crippen molar-refractivity contribution in [2.75, 3.05) is 20.2 Å². The van der Waals surface area contributed by atoms with Crippen LogP contribution >= 0.6 is 0 Å². The standard InChI is InChI=1S/C19H19F2NO3/c1-25-16-4-2-12(3-5-16)17-6-7-22(11-18(17)23)19(24)13-8-14(20)10-15(21)9-13/h2-5,8-10,17-18,23H,6-7,11H2,1H3/t17-,18+/m0/s1. The van der Waals surface area contributed by atoms with Gasteiger partial charge in [-0.3, -0.25) is 4.79 Å². The van der Waals surface area contributed by atoms with Crippen molar-refractivity contribution in [2.45, 2.75) is 18.4 Å². The minimum atomic E-state index is -0.794. The zero-order valence-corrected chi connectivity index (χ0v) is 13.8. The fraction of sp³-hybridized carbons (Fsp3) is 0.316. The molecule has 0 bridgehead atoms. The van der Waals surface area contributed by atoms with Gasteiger partial charge in [-0.15, -0.1) is 0 Å². The molecule has 132 valence electrons. The molecule has 2 atom stereocenters. The van der Waals surface area contributed by atoms with Crippen molar-refractivity contribution >= 4 is 5.91 Å². The van der Waals surface area contributed by atoms with Crippen LogP contribution in [0, 0.1) is 11.6 Å². The van der Waals surface area contributed by atoms with E-state index < -0.39 is 23.6 Å². The molecular weight excluding hydrogens is 328 g/mol. The molecule has 1 fully saturated rings. The van der Waals surface area contributed by atoms with Gasteiger partial charge in [0.25, 0.3) is 5.91 Å². The molecule has 0 spiro atoms. The summed E-state index contributed by atoms with van der Waals surface area (Å²) in [6, 6.07) is 10.2. The Kier molecular flexibility index (Phi) is 4.99. The molecule has 1 saturated heterocycles. The number of aliphatic hydroxyl groups excluding tert-OH is 1. The fourth-order valence-corrected chi connectivity index (χ4v) is 3.22. The molecule has 3 rings (SSSR count). The summed E-state index contributed by atoms with van der Waals surface area (Å²) in [4.78, 5) is 13.9. The van der Waals surface area contributed by atoms with Crippen molar-refractivity contribution in [3.8, 4) is 5.75 Å². The number of ether oxygens (including phenoxy) is 1. The van der Waals surface area contributed by atoms with E-state index in [4.69, 9.17) is 4.74 Å². The molecule has 25 heavy (non-hydrogen) atoms. The number of likely N-dealkylation sites (tertiary alicyclic amines) is 1. The van der Waals surface area contributed by atoms with E-state index in [2.05, 4.69) is 0 Å². The Bertz CT molecular complexity index is 744. The Morgan fingerprint density at radius 3 is 2.36 bits per heavy atom. The number of amides is 1. The summed E-state index contributed by atoms with van der Waals surface area (Å²) < 4.78 is 31.7. The smallest absolute Gasteiger partial charge is 0.254 e. The zero-order chi connectivity index (χ0) is 18.0. The van der Waals surface area contributed by atoms with E-state index in [0.717, 1.165) is 29.5 Å². The number of piperidine rings is 1.